The molecule has 30 heavy (non-hydrogen) atoms. The van der Waals surface area contributed by atoms with E-state index in [0.717, 1.165) is 0 Å². The summed E-state index contributed by atoms with van der Waals surface area (Å²) in [5.74, 6) is 0. The van der Waals surface area contributed by atoms with Crippen LogP contribution < -0.4 is 0 Å². The van der Waals surface area contributed by atoms with Crippen molar-refractivity contribution in [3.8, 4) is 22.3 Å². The Hall–Kier alpha value is -3.12. The van der Waals surface area contributed by atoms with Crippen molar-refractivity contribution < 1.29 is 0 Å². The van der Waals surface area contributed by atoms with Crippen LogP contribution in [0.1, 0.15) is 54.2 Å². The molecule has 0 saturated carbocycles. The molecule has 0 aliphatic heterocycles. The molecule has 0 nitrogen and oxygen atoms in total. The first-order valence-electron chi connectivity index (χ1n) is 10.9. The van der Waals surface area contributed by atoms with Crippen molar-refractivity contribution in [2.45, 2.75) is 38.5 Å². The quantitative estimate of drug-likeness (QED) is 0.252. The predicted molar refractivity (Wildman–Crippen MR) is 126 cm³/mol. The van der Waals surface area contributed by atoms with Crippen molar-refractivity contribution in [2.75, 3.05) is 0 Å². The van der Waals surface area contributed by atoms with Gasteiger partial charge in [-0.15, -0.1) is 0 Å². The molecule has 0 radical (unpaired) electrons. The van der Waals surface area contributed by atoms with Gasteiger partial charge in [-0.25, -0.2) is 0 Å². The maximum atomic E-state index is 2.49. The molecule has 0 amide bonds. The fourth-order valence-corrected chi connectivity index (χ4v) is 5.72. The maximum absolute atomic E-state index is 2.49. The highest BCUT2D eigenvalue weighted by Crippen LogP contribution is 2.63. The molecule has 0 heterocycles. The van der Waals surface area contributed by atoms with Crippen molar-refractivity contribution in [1.29, 1.82) is 0 Å². The molecule has 0 N–H and O–H groups in total. The minimum atomic E-state index is -0.229. The molecular formula is C30H26. The first-order chi connectivity index (χ1) is 14.4. The summed E-state index contributed by atoms with van der Waals surface area (Å²) >= 11 is 0. The second kappa shape index (κ2) is 5.73. The zero-order chi connectivity index (χ0) is 20.7. The molecule has 146 valence electrons. The van der Waals surface area contributed by atoms with E-state index in [1.54, 1.807) is 0 Å². The van der Waals surface area contributed by atoms with Crippen LogP contribution in [0, 0.1) is 6.92 Å². The fraction of sp³-hybridized carbons (Fsp3) is 0.200. The molecule has 2 aliphatic rings. The van der Waals surface area contributed by atoms with Gasteiger partial charge in [-0.05, 0) is 62.4 Å². The Morgan fingerprint density at radius 2 is 1.10 bits per heavy atom. The second-order valence-electron chi connectivity index (χ2n) is 9.90. The lowest BCUT2D eigenvalue weighted by molar-refractivity contribution is 0.588. The highest BCUT2D eigenvalue weighted by Gasteiger charge is 2.51. The van der Waals surface area contributed by atoms with E-state index in [1.807, 2.05) is 0 Å². The first kappa shape index (κ1) is 17.7. The van der Waals surface area contributed by atoms with E-state index in [1.165, 1.54) is 55.6 Å². The van der Waals surface area contributed by atoms with Gasteiger partial charge in [-0.1, -0.05) is 111 Å². The predicted octanol–water partition coefficient (Wildman–Crippen LogP) is 7.64. The van der Waals surface area contributed by atoms with E-state index in [2.05, 4.69) is 113 Å². The maximum Gasteiger partial charge on any atom is 0.0725 e. The zero-order valence-corrected chi connectivity index (χ0v) is 18.1. The summed E-state index contributed by atoms with van der Waals surface area (Å²) in [6, 6.07) is 32.2. The average molecular weight is 387 g/mol. The molecule has 0 aromatic heterocycles. The minimum absolute atomic E-state index is 0.110. The van der Waals surface area contributed by atoms with E-state index in [-0.39, 0.29) is 10.8 Å². The van der Waals surface area contributed by atoms with E-state index >= 15 is 0 Å². The van der Waals surface area contributed by atoms with Crippen LogP contribution in [0.25, 0.3) is 22.3 Å². The molecule has 6 rings (SSSR count). The summed E-state index contributed by atoms with van der Waals surface area (Å²) < 4.78 is 0. The van der Waals surface area contributed by atoms with Gasteiger partial charge in [-0.3, -0.25) is 0 Å². The SMILES string of the molecule is Cc1ccc2c(c1)-c1ccccc1C21c2ccccc2-c2ccc(C(C)(C)C)cc21. The minimum Gasteiger partial charge on any atom is -0.0619 e. The van der Waals surface area contributed by atoms with Gasteiger partial charge in [0, 0.05) is 0 Å². The van der Waals surface area contributed by atoms with Gasteiger partial charge in [-0.2, -0.15) is 0 Å². The summed E-state index contributed by atoms with van der Waals surface area (Å²) in [5.41, 5.74) is 13.8. The number of fused-ring (bicyclic) bond motifs is 10. The normalized spacial score (nSPS) is 18.1. The van der Waals surface area contributed by atoms with Crippen molar-refractivity contribution in [3.05, 3.63) is 118 Å². The van der Waals surface area contributed by atoms with Gasteiger partial charge < -0.3 is 0 Å². The summed E-state index contributed by atoms with van der Waals surface area (Å²) in [4.78, 5) is 0. The molecule has 0 bridgehead atoms. The fourth-order valence-electron chi connectivity index (χ4n) is 5.72. The Kier molecular flexibility index (Phi) is 3.38. The van der Waals surface area contributed by atoms with Crippen LogP contribution in [0.2, 0.25) is 0 Å². The van der Waals surface area contributed by atoms with E-state index in [9.17, 15) is 0 Å². The van der Waals surface area contributed by atoms with Gasteiger partial charge in [0.05, 0.1) is 5.41 Å². The van der Waals surface area contributed by atoms with Crippen LogP contribution in [0.15, 0.2) is 84.9 Å². The van der Waals surface area contributed by atoms with Crippen LogP contribution >= 0.6 is 0 Å². The summed E-state index contributed by atoms with van der Waals surface area (Å²) in [6.45, 7) is 9.12. The lowest BCUT2D eigenvalue weighted by atomic mass is 9.69. The number of rotatable bonds is 0. The molecule has 0 saturated heterocycles. The second-order valence-corrected chi connectivity index (χ2v) is 9.90. The molecule has 2 aliphatic carbocycles. The molecule has 1 unspecified atom stereocenters. The molecule has 4 aromatic rings. The van der Waals surface area contributed by atoms with Gasteiger partial charge in [0.15, 0.2) is 0 Å². The summed E-state index contributed by atoms with van der Waals surface area (Å²) in [7, 11) is 0. The lowest BCUT2D eigenvalue weighted by Gasteiger charge is -2.31. The third-order valence-corrected chi connectivity index (χ3v) is 7.11. The molecule has 0 fully saturated rings. The number of aryl methyl sites for hydroxylation is 1. The largest absolute Gasteiger partial charge is 0.0725 e. The molecular weight excluding hydrogens is 360 g/mol. The molecule has 1 atom stereocenters. The van der Waals surface area contributed by atoms with E-state index in [0.29, 0.717) is 0 Å². The highest BCUT2D eigenvalue weighted by molar-refractivity contribution is 5.95. The summed E-state index contributed by atoms with van der Waals surface area (Å²) in [5, 5.41) is 0. The van der Waals surface area contributed by atoms with Crippen LogP contribution in [-0.2, 0) is 10.8 Å². The molecule has 0 heteroatoms. The average Bonchev–Trinajstić information content (AvgIpc) is 3.19. The highest BCUT2D eigenvalue weighted by atomic mass is 14.5. The van der Waals surface area contributed by atoms with Crippen LogP contribution in [0.4, 0.5) is 0 Å². The van der Waals surface area contributed by atoms with Crippen molar-refractivity contribution in [2.24, 2.45) is 0 Å². The Morgan fingerprint density at radius 3 is 1.77 bits per heavy atom. The van der Waals surface area contributed by atoms with Gasteiger partial charge in [0.25, 0.3) is 0 Å². The van der Waals surface area contributed by atoms with Crippen LogP contribution in [0.5, 0.6) is 0 Å². The first-order valence-corrected chi connectivity index (χ1v) is 10.9. The summed E-state index contributed by atoms with van der Waals surface area (Å²) in [6.07, 6.45) is 0. The van der Waals surface area contributed by atoms with Crippen molar-refractivity contribution in [1.82, 2.24) is 0 Å². The van der Waals surface area contributed by atoms with Crippen molar-refractivity contribution >= 4 is 0 Å². The Labute approximate surface area is 179 Å². The van der Waals surface area contributed by atoms with Gasteiger partial charge in [0.2, 0.25) is 0 Å². The number of benzene rings is 4. The van der Waals surface area contributed by atoms with Crippen LogP contribution in [0.3, 0.4) is 0 Å². The van der Waals surface area contributed by atoms with E-state index < -0.39 is 0 Å². The Morgan fingerprint density at radius 1 is 0.533 bits per heavy atom. The third kappa shape index (κ3) is 2.07. The standard InChI is InChI=1S/C30H26/c1-19-13-16-27-24(17-19)22-10-6-8-12-26(22)30(27)25-11-7-5-9-21(25)23-15-14-20(18-28(23)30)29(2,3)4/h5-18H,1-4H3. The monoisotopic (exact) mass is 386 g/mol. The third-order valence-electron chi connectivity index (χ3n) is 7.11. The Balaban J connectivity index is 1.82. The lowest BCUT2D eigenvalue weighted by Crippen LogP contribution is -2.26. The van der Waals surface area contributed by atoms with Crippen LogP contribution in [-0.4, -0.2) is 0 Å². The van der Waals surface area contributed by atoms with Gasteiger partial charge in [0.1, 0.15) is 0 Å². The van der Waals surface area contributed by atoms with E-state index in [4.69, 9.17) is 0 Å². The smallest absolute Gasteiger partial charge is 0.0619 e. The van der Waals surface area contributed by atoms with Crippen molar-refractivity contribution in [3.63, 3.8) is 0 Å². The number of hydrogen-bond acceptors (Lipinski definition) is 0. The molecule has 4 aromatic carbocycles. The Bertz CT molecular complexity index is 1330. The zero-order valence-electron chi connectivity index (χ0n) is 18.1. The van der Waals surface area contributed by atoms with Gasteiger partial charge >= 0.3 is 0 Å². The number of hydrogen-bond donors (Lipinski definition) is 0. The topological polar surface area (TPSA) is 0 Å². The molecule has 1 spiro atoms.